The summed E-state index contributed by atoms with van der Waals surface area (Å²) in [7, 11) is 0. The highest BCUT2D eigenvalue weighted by molar-refractivity contribution is 7.10. The predicted molar refractivity (Wildman–Crippen MR) is 115 cm³/mol. The standard InChI is InChI=1S/C24H26N2OS/c27-24(13-12-19-7-2-1-3-8-19)25-17-22(23-11-6-16-28-23)26-15-14-20-9-4-5-10-21(20)18-26/h1-11,16,22H,12-15,17-18H2,(H,25,27)/t22-/m1/s1. The minimum Gasteiger partial charge on any atom is -0.354 e. The van der Waals surface area contributed by atoms with E-state index >= 15 is 0 Å². The second-order valence-electron chi connectivity index (χ2n) is 7.31. The Labute approximate surface area is 171 Å². The highest BCUT2D eigenvalue weighted by Crippen LogP contribution is 2.30. The molecule has 1 aliphatic heterocycles. The first kappa shape index (κ1) is 18.9. The summed E-state index contributed by atoms with van der Waals surface area (Å²) in [6, 6.07) is 23.4. The quantitative estimate of drug-likeness (QED) is 0.640. The normalized spacial score (nSPS) is 15.0. The summed E-state index contributed by atoms with van der Waals surface area (Å²) in [5.74, 6) is 0.128. The van der Waals surface area contributed by atoms with Gasteiger partial charge in [-0.2, -0.15) is 0 Å². The van der Waals surface area contributed by atoms with Crippen molar-refractivity contribution in [3.63, 3.8) is 0 Å². The van der Waals surface area contributed by atoms with Gasteiger partial charge in [-0.15, -0.1) is 11.3 Å². The van der Waals surface area contributed by atoms with Gasteiger partial charge in [0.1, 0.15) is 0 Å². The lowest BCUT2D eigenvalue weighted by Gasteiger charge is -2.35. The number of nitrogens with zero attached hydrogens (tertiary/aromatic N) is 1. The zero-order valence-corrected chi connectivity index (χ0v) is 16.8. The van der Waals surface area contributed by atoms with Crippen molar-refractivity contribution >= 4 is 17.2 Å². The molecule has 0 bridgehead atoms. The fraction of sp³-hybridized carbons (Fsp3) is 0.292. The van der Waals surface area contributed by atoms with Crippen molar-refractivity contribution in [2.45, 2.75) is 31.8 Å². The Morgan fingerprint density at radius 2 is 1.79 bits per heavy atom. The van der Waals surface area contributed by atoms with E-state index in [0.29, 0.717) is 13.0 Å². The van der Waals surface area contributed by atoms with E-state index in [4.69, 9.17) is 0 Å². The van der Waals surface area contributed by atoms with Crippen LogP contribution in [0.1, 0.15) is 34.0 Å². The van der Waals surface area contributed by atoms with Crippen molar-refractivity contribution < 1.29 is 4.79 Å². The maximum Gasteiger partial charge on any atom is 0.220 e. The van der Waals surface area contributed by atoms with E-state index in [1.165, 1.54) is 21.6 Å². The summed E-state index contributed by atoms with van der Waals surface area (Å²) in [5.41, 5.74) is 4.07. The van der Waals surface area contributed by atoms with Crippen molar-refractivity contribution in [2.75, 3.05) is 13.1 Å². The van der Waals surface area contributed by atoms with Crippen LogP contribution in [0.5, 0.6) is 0 Å². The molecule has 0 fully saturated rings. The number of hydrogen-bond donors (Lipinski definition) is 1. The van der Waals surface area contributed by atoms with Gasteiger partial charge in [0.25, 0.3) is 0 Å². The molecule has 0 spiro atoms. The Balaban J connectivity index is 1.38. The van der Waals surface area contributed by atoms with Gasteiger partial charge in [-0.1, -0.05) is 60.7 Å². The number of benzene rings is 2. The average Bonchev–Trinajstić information content (AvgIpc) is 3.27. The zero-order valence-electron chi connectivity index (χ0n) is 16.0. The van der Waals surface area contributed by atoms with Crippen LogP contribution in [0.4, 0.5) is 0 Å². The molecule has 0 unspecified atom stereocenters. The third-order valence-corrected chi connectivity index (χ3v) is 6.42. The van der Waals surface area contributed by atoms with Gasteiger partial charge in [0, 0.05) is 30.9 Å². The van der Waals surface area contributed by atoms with Crippen LogP contribution in [0.25, 0.3) is 0 Å². The zero-order chi connectivity index (χ0) is 19.2. The molecule has 144 valence electrons. The number of nitrogens with one attached hydrogen (secondary N) is 1. The topological polar surface area (TPSA) is 32.3 Å². The second kappa shape index (κ2) is 9.18. The van der Waals surface area contributed by atoms with E-state index in [2.05, 4.69) is 64.1 Å². The summed E-state index contributed by atoms with van der Waals surface area (Å²) in [6.07, 6.45) is 2.39. The lowest BCUT2D eigenvalue weighted by Crippen LogP contribution is -2.40. The fourth-order valence-electron chi connectivity index (χ4n) is 3.88. The molecule has 4 heteroatoms. The van der Waals surface area contributed by atoms with E-state index in [1.54, 1.807) is 11.3 Å². The second-order valence-corrected chi connectivity index (χ2v) is 8.29. The molecular weight excluding hydrogens is 364 g/mol. The summed E-state index contributed by atoms with van der Waals surface area (Å²) in [4.78, 5) is 16.3. The van der Waals surface area contributed by atoms with E-state index in [0.717, 1.165) is 25.9 Å². The van der Waals surface area contributed by atoms with E-state index in [1.807, 2.05) is 18.2 Å². The Hall–Kier alpha value is -2.43. The van der Waals surface area contributed by atoms with E-state index < -0.39 is 0 Å². The molecule has 4 rings (SSSR count). The molecule has 2 aromatic carbocycles. The first-order valence-corrected chi connectivity index (χ1v) is 10.8. The Morgan fingerprint density at radius 1 is 1.00 bits per heavy atom. The highest BCUT2D eigenvalue weighted by Gasteiger charge is 2.25. The minimum absolute atomic E-state index is 0.128. The third kappa shape index (κ3) is 4.70. The number of thiophene rings is 1. The van der Waals surface area contributed by atoms with Crippen molar-refractivity contribution in [1.82, 2.24) is 10.2 Å². The lowest BCUT2D eigenvalue weighted by molar-refractivity contribution is -0.121. The Kier molecular flexibility index (Phi) is 6.20. The first-order chi connectivity index (χ1) is 13.8. The van der Waals surface area contributed by atoms with Crippen molar-refractivity contribution in [2.24, 2.45) is 0 Å². The SMILES string of the molecule is O=C(CCc1ccccc1)NC[C@H](c1cccs1)N1CCc2ccccc2C1. The molecule has 0 saturated carbocycles. The maximum absolute atomic E-state index is 12.4. The Bertz CT molecular complexity index is 892. The van der Waals surface area contributed by atoms with Gasteiger partial charge in [0.2, 0.25) is 5.91 Å². The molecule has 28 heavy (non-hydrogen) atoms. The molecule has 1 aliphatic rings. The number of rotatable bonds is 7. The molecule has 1 aromatic heterocycles. The molecule has 1 amide bonds. The molecule has 3 aromatic rings. The molecule has 0 radical (unpaired) electrons. The molecule has 1 atom stereocenters. The number of fused-ring (bicyclic) bond motifs is 1. The van der Waals surface area contributed by atoms with E-state index in [-0.39, 0.29) is 11.9 Å². The van der Waals surface area contributed by atoms with Crippen molar-refractivity contribution in [3.8, 4) is 0 Å². The monoisotopic (exact) mass is 390 g/mol. The molecular formula is C24H26N2OS. The number of carbonyl (C=O) groups is 1. The molecule has 1 N–H and O–H groups in total. The fourth-order valence-corrected chi connectivity index (χ4v) is 4.74. The van der Waals surface area contributed by atoms with Crippen LogP contribution in [0.2, 0.25) is 0 Å². The van der Waals surface area contributed by atoms with Crippen LogP contribution in [0, 0.1) is 0 Å². The summed E-state index contributed by atoms with van der Waals surface area (Å²) < 4.78 is 0. The molecule has 0 saturated heterocycles. The first-order valence-electron chi connectivity index (χ1n) is 9.94. The summed E-state index contributed by atoms with van der Waals surface area (Å²) >= 11 is 1.77. The highest BCUT2D eigenvalue weighted by atomic mass is 32.1. The number of amides is 1. The third-order valence-electron chi connectivity index (χ3n) is 5.45. The van der Waals surface area contributed by atoms with E-state index in [9.17, 15) is 4.79 Å². The largest absolute Gasteiger partial charge is 0.354 e. The van der Waals surface area contributed by atoms with Crippen LogP contribution in [0.3, 0.4) is 0 Å². The van der Waals surface area contributed by atoms with Crippen LogP contribution in [-0.4, -0.2) is 23.9 Å². The minimum atomic E-state index is 0.128. The number of carbonyl (C=O) groups excluding carboxylic acids is 1. The van der Waals surface area contributed by atoms with Crippen LogP contribution in [-0.2, 0) is 24.2 Å². The number of hydrogen-bond acceptors (Lipinski definition) is 3. The predicted octanol–water partition coefficient (Wildman–Crippen LogP) is 4.60. The lowest BCUT2D eigenvalue weighted by atomic mass is 9.98. The van der Waals surface area contributed by atoms with Crippen LogP contribution in [0.15, 0.2) is 72.1 Å². The summed E-state index contributed by atoms with van der Waals surface area (Å²) in [5, 5.41) is 5.31. The van der Waals surface area contributed by atoms with Gasteiger partial charge in [-0.25, -0.2) is 0 Å². The van der Waals surface area contributed by atoms with Crippen molar-refractivity contribution in [3.05, 3.63) is 93.7 Å². The van der Waals surface area contributed by atoms with Gasteiger partial charge < -0.3 is 5.32 Å². The van der Waals surface area contributed by atoms with Crippen LogP contribution >= 0.6 is 11.3 Å². The van der Waals surface area contributed by atoms with Gasteiger partial charge >= 0.3 is 0 Å². The Morgan fingerprint density at radius 3 is 2.57 bits per heavy atom. The molecule has 2 heterocycles. The van der Waals surface area contributed by atoms with Gasteiger partial charge in [-0.3, -0.25) is 9.69 Å². The van der Waals surface area contributed by atoms with Crippen LogP contribution < -0.4 is 5.32 Å². The molecule has 3 nitrogen and oxygen atoms in total. The smallest absolute Gasteiger partial charge is 0.220 e. The van der Waals surface area contributed by atoms with Crippen molar-refractivity contribution in [1.29, 1.82) is 0 Å². The maximum atomic E-state index is 12.4. The van der Waals surface area contributed by atoms with Gasteiger partial charge in [0.05, 0.1) is 6.04 Å². The number of aryl methyl sites for hydroxylation is 1. The summed E-state index contributed by atoms with van der Waals surface area (Å²) in [6.45, 7) is 2.63. The average molecular weight is 391 g/mol. The molecule has 0 aliphatic carbocycles. The van der Waals surface area contributed by atoms with Gasteiger partial charge in [0.15, 0.2) is 0 Å². The van der Waals surface area contributed by atoms with Gasteiger partial charge in [-0.05, 0) is 41.0 Å².